The lowest BCUT2D eigenvalue weighted by Crippen LogP contribution is -2.13. The molecule has 2 N–H and O–H groups in total. The van der Waals surface area contributed by atoms with Gasteiger partial charge in [-0.25, -0.2) is 4.98 Å². The first-order valence-corrected chi connectivity index (χ1v) is 9.38. The van der Waals surface area contributed by atoms with E-state index >= 15 is 0 Å². The van der Waals surface area contributed by atoms with Gasteiger partial charge in [-0.05, 0) is 61.2 Å². The van der Waals surface area contributed by atoms with Crippen molar-refractivity contribution in [3.63, 3.8) is 0 Å². The molecule has 0 atom stereocenters. The van der Waals surface area contributed by atoms with Gasteiger partial charge in [0.1, 0.15) is 5.82 Å². The van der Waals surface area contributed by atoms with Crippen LogP contribution in [0.4, 0.5) is 5.69 Å². The van der Waals surface area contributed by atoms with Crippen molar-refractivity contribution in [1.82, 2.24) is 9.97 Å². The van der Waals surface area contributed by atoms with Gasteiger partial charge < -0.3 is 10.3 Å². The van der Waals surface area contributed by atoms with E-state index in [1.807, 2.05) is 31.2 Å². The van der Waals surface area contributed by atoms with E-state index in [0.29, 0.717) is 12.8 Å². The molecule has 0 bridgehead atoms. The molecule has 0 fully saturated rings. The predicted octanol–water partition coefficient (Wildman–Crippen LogP) is 5.16. The maximum Gasteiger partial charge on any atom is 0.224 e. The second-order valence-corrected chi connectivity index (χ2v) is 7.21. The normalized spacial score (nSPS) is 11.0. The van der Waals surface area contributed by atoms with Crippen molar-refractivity contribution in [1.29, 1.82) is 0 Å². The first-order chi connectivity index (χ1) is 12.0. The minimum absolute atomic E-state index is 0.0294. The fourth-order valence-electron chi connectivity index (χ4n) is 2.86. The number of hydrogen-bond acceptors (Lipinski definition) is 2. The van der Waals surface area contributed by atoms with Gasteiger partial charge in [-0.15, -0.1) is 0 Å². The Morgan fingerprint density at radius 3 is 2.80 bits per heavy atom. The molecule has 25 heavy (non-hydrogen) atoms. The molecule has 0 spiro atoms. The lowest BCUT2D eigenvalue weighted by molar-refractivity contribution is -0.116. The Morgan fingerprint density at radius 2 is 2.04 bits per heavy atom. The molecule has 0 saturated carbocycles. The number of hydrogen-bond donors (Lipinski definition) is 2. The summed E-state index contributed by atoms with van der Waals surface area (Å²) in [7, 11) is 0. The number of H-pyrrole nitrogens is 1. The third kappa shape index (κ3) is 4.48. The van der Waals surface area contributed by atoms with E-state index in [1.165, 1.54) is 0 Å². The minimum Gasteiger partial charge on any atom is -0.342 e. The number of aromatic amines is 1. The minimum atomic E-state index is 0.0294. The molecule has 1 heterocycles. The quantitative estimate of drug-likeness (QED) is 0.601. The molecule has 0 saturated heterocycles. The van der Waals surface area contributed by atoms with Crippen molar-refractivity contribution in [3.05, 3.63) is 57.8 Å². The van der Waals surface area contributed by atoms with E-state index in [0.717, 1.165) is 51.0 Å². The second kappa shape index (κ2) is 7.83. The summed E-state index contributed by atoms with van der Waals surface area (Å²) in [5.74, 6) is 1.06. The van der Waals surface area contributed by atoms with Crippen LogP contribution in [0.2, 0.25) is 0 Å². The van der Waals surface area contributed by atoms with Crippen LogP contribution in [0.5, 0.6) is 0 Å². The van der Waals surface area contributed by atoms with Crippen molar-refractivity contribution >= 4 is 38.6 Å². The predicted molar refractivity (Wildman–Crippen MR) is 106 cm³/mol. The smallest absolute Gasteiger partial charge is 0.224 e. The SMILES string of the molecule is CCCc1nc2ccc(CCC(=O)Nc3ccc(Br)cc3C)cc2[nH]1. The van der Waals surface area contributed by atoms with Crippen LogP contribution in [0, 0.1) is 6.92 Å². The highest BCUT2D eigenvalue weighted by molar-refractivity contribution is 9.10. The number of rotatable bonds is 6. The average Bonchev–Trinajstić information content (AvgIpc) is 2.97. The van der Waals surface area contributed by atoms with Gasteiger partial charge in [-0.3, -0.25) is 4.79 Å². The van der Waals surface area contributed by atoms with Crippen molar-refractivity contribution in [2.45, 2.75) is 39.5 Å². The number of anilines is 1. The first-order valence-electron chi connectivity index (χ1n) is 8.58. The van der Waals surface area contributed by atoms with Crippen LogP contribution in [-0.2, 0) is 17.6 Å². The van der Waals surface area contributed by atoms with E-state index in [4.69, 9.17) is 0 Å². The molecule has 0 aliphatic rings. The van der Waals surface area contributed by atoms with Crippen LogP contribution in [-0.4, -0.2) is 15.9 Å². The maximum absolute atomic E-state index is 12.2. The van der Waals surface area contributed by atoms with Gasteiger partial charge in [0.2, 0.25) is 5.91 Å². The third-order valence-electron chi connectivity index (χ3n) is 4.19. The number of benzene rings is 2. The number of aryl methyl sites for hydroxylation is 3. The Balaban J connectivity index is 1.62. The lowest BCUT2D eigenvalue weighted by atomic mass is 10.1. The maximum atomic E-state index is 12.2. The molecule has 3 aromatic rings. The average molecular weight is 400 g/mol. The van der Waals surface area contributed by atoms with E-state index in [9.17, 15) is 4.79 Å². The fraction of sp³-hybridized carbons (Fsp3) is 0.300. The Kier molecular flexibility index (Phi) is 5.53. The number of carbonyl (C=O) groups excluding carboxylic acids is 1. The number of carbonyl (C=O) groups is 1. The van der Waals surface area contributed by atoms with Crippen LogP contribution < -0.4 is 5.32 Å². The molecule has 5 heteroatoms. The van der Waals surface area contributed by atoms with Crippen LogP contribution in [0.3, 0.4) is 0 Å². The molecule has 1 aromatic heterocycles. The van der Waals surface area contributed by atoms with Crippen molar-refractivity contribution in [2.75, 3.05) is 5.32 Å². The summed E-state index contributed by atoms with van der Waals surface area (Å²) in [6.45, 7) is 4.13. The highest BCUT2D eigenvalue weighted by atomic mass is 79.9. The summed E-state index contributed by atoms with van der Waals surface area (Å²) < 4.78 is 1.01. The Labute approximate surface area is 156 Å². The van der Waals surface area contributed by atoms with Gasteiger partial charge in [0.05, 0.1) is 11.0 Å². The van der Waals surface area contributed by atoms with E-state index in [2.05, 4.69) is 50.3 Å². The van der Waals surface area contributed by atoms with Gasteiger partial charge in [-0.1, -0.05) is 28.9 Å². The van der Waals surface area contributed by atoms with Gasteiger partial charge in [-0.2, -0.15) is 0 Å². The van der Waals surface area contributed by atoms with Crippen molar-refractivity contribution in [3.8, 4) is 0 Å². The number of imidazole rings is 1. The molecule has 0 aliphatic carbocycles. The number of nitrogens with zero attached hydrogens (tertiary/aromatic N) is 1. The zero-order valence-corrected chi connectivity index (χ0v) is 16.1. The van der Waals surface area contributed by atoms with Crippen molar-refractivity contribution < 1.29 is 4.79 Å². The molecule has 0 radical (unpaired) electrons. The van der Waals surface area contributed by atoms with Gasteiger partial charge in [0.15, 0.2) is 0 Å². The largest absolute Gasteiger partial charge is 0.342 e. The lowest BCUT2D eigenvalue weighted by Gasteiger charge is -2.09. The third-order valence-corrected chi connectivity index (χ3v) is 4.68. The van der Waals surface area contributed by atoms with Gasteiger partial charge in [0, 0.05) is 23.0 Å². The first kappa shape index (κ1) is 17.7. The highest BCUT2D eigenvalue weighted by Gasteiger charge is 2.07. The van der Waals surface area contributed by atoms with Crippen LogP contribution >= 0.6 is 15.9 Å². The van der Waals surface area contributed by atoms with Crippen molar-refractivity contribution in [2.24, 2.45) is 0 Å². The van der Waals surface area contributed by atoms with E-state index in [1.54, 1.807) is 0 Å². The topological polar surface area (TPSA) is 57.8 Å². The van der Waals surface area contributed by atoms with Gasteiger partial charge in [0.25, 0.3) is 0 Å². The number of amides is 1. The van der Waals surface area contributed by atoms with E-state index in [-0.39, 0.29) is 5.91 Å². The standard InChI is InChI=1S/C20H22BrN3O/c1-3-4-19-22-17-8-5-14(12-18(17)23-19)6-10-20(25)24-16-9-7-15(21)11-13(16)2/h5,7-9,11-12H,3-4,6,10H2,1-2H3,(H,22,23)(H,24,25). The Bertz CT molecular complexity index is 901. The molecule has 0 aliphatic heterocycles. The zero-order valence-electron chi connectivity index (χ0n) is 14.5. The zero-order chi connectivity index (χ0) is 17.8. The number of aromatic nitrogens is 2. The second-order valence-electron chi connectivity index (χ2n) is 6.29. The Hall–Kier alpha value is -2.14. The molecular weight excluding hydrogens is 378 g/mol. The monoisotopic (exact) mass is 399 g/mol. The van der Waals surface area contributed by atoms with Gasteiger partial charge >= 0.3 is 0 Å². The summed E-state index contributed by atoms with van der Waals surface area (Å²) >= 11 is 3.43. The summed E-state index contributed by atoms with van der Waals surface area (Å²) in [6, 6.07) is 12.0. The summed E-state index contributed by atoms with van der Waals surface area (Å²) in [6.07, 6.45) is 3.19. The van der Waals surface area contributed by atoms with Crippen LogP contribution in [0.25, 0.3) is 11.0 Å². The fourth-order valence-corrected chi connectivity index (χ4v) is 3.33. The molecule has 2 aromatic carbocycles. The Morgan fingerprint density at radius 1 is 1.20 bits per heavy atom. The van der Waals surface area contributed by atoms with E-state index < -0.39 is 0 Å². The molecular formula is C20H22BrN3O. The molecule has 4 nitrogen and oxygen atoms in total. The summed E-state index contributed by atoms with van der Waals surface area (Å²) in [5, 5.41) is 2.99. The highest BCUT2D eigenvalue weighted by Crippen LogP contribution is 2.21. The number of nitrogens with one attached hydrogen (secondary N) is 2. The van der Waals surface area contributed by atoms with Crippen LogP contribution in [0.1, 0.15) is 36.7 Å². The van der Waals surface area contributed by atoms with Crippen LogP contribution in [0.15, 0.2) is 40.9 Å². The molecule has 3 rings (SSSR count). The summed E-state index contributed by atoms with van der Waals surface area (Å²) in [4.78, 5) is 20.2. The summed E-state index contributed by atoms with van der Waals surface area (Å²) in [5.41, 5.74) is 5.08. The molecule has 130 valence electrons. The molecule has 0 unspecified atom stereocenters. The molecule has 1 amide bonds. The number of halogens is 1. The number of fused-ring (bicyclic) bond motifs is 1.